The first-order valence-electron chi connectivity index (χ1n) is 9.27. The van der Waals surface area contributed by atoms with Crippen LogP contribution in [0.15, 0.2) is 48.7 Å². The molecule has 1 heterocycles. The van der Waals surface area contributed by atoms with Gasteiger partial charge in [0.05, 0.1) is 17.9 Å². The molecule has 1 aliphatic rings. The number of alkyl halides is 3. The lowest BCUT2D eigenvalue weighted by Crippen LogP contribution is -2.05. The Morgan fingerprint density at radius 2 is 1.89 bits per heavy atom. The average Bonchev–Trinajstić information content (AvgIpc) is 3.41. The Morgan fingerprint density at radius 1 is 1.11 bits per heavy atom. The maximum Gasteiger partial charge on any atom is 0.416 e. The molecule has 148 valence electrons. The van der Waals surface area contributed by atoms with Crippen LogP contribution < -0.4 is 9.46 Å². The van der Waals surface area contributed by atoms with Crippen molar-refractivity contribution < 1.29 is 17.9 Å². The monoisotopic (exact) mass is 406 g/mol. The summed E-state index contributed by atoms with van der Waals surface area (Å²) in [6.45, 7) is 0.403. The molecule has 1 aliphatic carbocycles. The summed E-state index contributed by atoms with van der Waals surface area (Å²) in [6.07, 6.45) is 1.01. The van der Waals surface area contributed by atoms with Crippen LogP contribution in [-0.4, -0.2) is 17.3 Å². The SMILES string of the molecule is FC(F)(F)c1ccc(OCCc2ccc3[nH]cc(NSCC4CC4)c3c2)cc1. The first-order valence-corrected chi connectivity index (χ1v) is 10.3. The smallest absolute Gasteiger partial charge is 0.416 e. The highest BCUT2D eigenvalue weighted by atomic mass is 32.2. The molecule has 1 aromatic heterocycles. The Kier molecular flexibility index (Phi) is 5.44. The second-order valence-electron chi connectivity index (χ2n) is 7.06. The number of H-pyrrole nitrogens is 1. The summed E-state index contributed by atoms with van der Waals surface area (Å²) >= 11 is 1.75. The van der Waals surface area contributed by atoms with Gasteiger partial charge in [-0.3, -0.25) is 0 Å². The van der Waals surface area contributed by atoms with Crippen LogP contribution in [0.3, 0.4) is 0 Å². The van der Waals surface area contributed by atoms with E-state index in [1.54, 1.807) is 11.9 Å². The Morgan fingerprint density at radius 3 is 2.61 bits per heavy atom. The van der Waals surface area contributed by atoms with Gasteiger partial charge in [-0.2, -0.15) is 13.2 Å². The van der Waals surface area contributed by atoms with Crippen LogP contribution in [0.25, 0.3) is 10.9 Å². The third kappa shape index (κ3) is 4.76. The summed E-state index contributed by atoms with van der Waals surface area (Å²) in [5.41, 5.74) is 2.60. The first-order chi connectivity index (χ1) is 13.5. The third-order valence-corrected chi connectivity index (χ3v) is 5.79. The van der Waals surface area contributed by atoms with Crippen molar-refractivity contribution >= 4 is 28.5 Å². The van der Waals surface area contributed by atoms with Crippen LogP contribution in [0.2, 0.25) is 0 Å². The van der Waals surface area contributed by atoms with Crippen LogP contribution in [0.1, 0.15) is 24.0 Å². The summed E-state index contributed by atoms with van der Waals surface area (Å²) in [4.78, 5) is 3.27. The summed E-state index contributed by atoms with van der Waals surface area (Å²) < 4.78 is 46.8. The molecule has 0 spiro atoms. The molecule has 1 fully saturated rings. The molecule has 3 nitrogen and oxygen atoms in total. The maximum atomic E-state index is 12.6. The van der Waals surface area contributed by atoms with E-state index in [2.05, 4.69) is 15.8 Å². The highest BCUT2D eigenvalue weighted by Crippen LogP contribution is 2.34. The van der Waals surface area contributed by atoms with Gasteiger partial charge in [0, 0.05) is 29.3 Å². The number of benzene rings is 2. The molecule has 0 unspecified atom stereocenters. The van der Waals surface area contributed by atoms with Gasteiger partial charge in [-0.1, -0.05) is 18.0 Å². The van der Waals surface area contributed by atoms with Gasteiger partial charge in [0.1, 0.15) is 5.75 Å². The summed E-state index contributed by atoms with van der Waals surface area (Å²) in [5, 5.41) is 1.13. The van der Waals surface area contributed by atoms with E-state index in [1.807, 2.05) is 18.3 Å². The number of ether oxygens (including phenoxy) is 1. The van der Waals surface area contributed by atoms with Crippen molar-refractivity contribution in [1.29, 1.82) is 0 Å². The lowest BCUT2D eigenvalue weighted by Gasteiger charge is -2.09. The second-order valence-corrected chi connectivity index (χ2v) is 7.89. The Bertz CT molecular complexity index is 933. The van der Waals surface area contributed by atoms with E-state index in [4.69, 9.17) is 4.74 Å². The summed E-state index contributed by atoms with van der Waals surface area (Å²) in [7, 11) is 0. The molecule has 0 bridgehead atoms. The number of hydrogen-bond acceptors (Lipinski definition) is 3. The first kappa shape index (κ1) is 19.1. The minimum Gasteiger partial charge on any atom is -0.493 e. The van der Waals surface area contributed by atoms with Crippen molar-refractivity contribution in [2.24, 2.45) is 5.92 Å². The van der Waals surface area contributed by atoms with Gasteiger partial charge in [0.25, 0.3) is 0 Å². The van der Waals surface area contributed by atoms with E-state index in [9.17, 15) is 13.2 Å². The van der Waals surface area contributed by atoms with E-state index in [1.165, 1.54) is 25.0 Å². The molecular weight excluding hydrogens is 385 g/mol. The maximum absolute atomic E-state index is 12.6. The van der Waals surface area contributed by atoms with Crippen molar-refractivity contribution in [2.75, 3.05) is 17.1 Å². The predicted octanol–water partition coefficient (Wildman–Crippen LogP) is 6.28. The number of fused-ring (bicyclic) bond motifs is 1. The Balaban J connectivity index is 1.33. The van der Waals surface area contributed by atoms with Crippen LogP contribution in [0.5, 0.6) is 5.75 Å². The normalized spacial score (nSPS) is 14.4. The molecule has 2 N–H and O–H groups in total. The van der Waals surface area contributed by atoms with Crippen LogP contribution in [-0.2, 0) is 12.6 Å². The lowest BCUT2D eigenvalue weighted by molar-refractivity contribution is -0.137. The molecule has 2 aromatic carbocycles. The fourth-order valence-corrected chi connectivity index (χ4v) is 3.93. The highest BCUT2D eigenvalue weighted by molar-refractivity contribution is 8.00. The van der Waals surface area contributed by atoms with Gasteiger partial charge in [0.15, 0.2) is 0 Å². The standard InChI is InChI=1S/C21H21F3N2OS/c22-21(23,24)16-4-6-17(7-5-16)27-10-9-14-3-8-19-18(11-14)20(12-25-19)26-28-13-15-1-2-15/h3-8,11-12,15,25-26H,1-2,9-10,13H2. The fourth-order valence-electron chi connectivity index (χ4n) is 2.96. The lowest BCUT2D eigenvalue weighted by atomic mass is 10.1. The molecule has 0 amide bonds. The molecule has 3 aromatic rings. The van der Waals surface area contributed by atoms with Gasteiger partial charge in [0.2, 0.25) is 0 Å². The highest BCUT2D eigenvalue weighted by Gasteiger charge is 2.30. The molecular formula is C21H21F3N2OS. The van der Waals surface area contributed by atoms with Crippen LogP contribution in [0.4, 0.5) is 18.9 Å². The number of hydrogen-bond donors (Lipinski definition) is 2. The number of nitrogens with one attached hydrogen (secondary N) is 2. The van der Waals surface area contributed by atoms with Gasteiger partial charge < -0.3 is 14.4 Å². The number of anilines is 1. The largest absolute Gasteiger partial charge is 0.493 e. The van der Waals surface area contributed by atoms with Gasteiger partial charge >= 0.3 is 6.18 Å². The van der Waals surface area contributed by atoms with Crippen molar-refractivity contribution in [2.45, 2.75) is 25.4 Å². The zero-order chi connectivity index (χ0) is 19.6. The van der Waals surface area contributed by atoms with Crippen molar-refractivity contribution in [3.05, 3.63) is 59.8 Å². The fraction of sp³-hybridized carbons (Fsp3) is 0.333. The molecule has 4 rings (SSSR count). The van der Waals surface area contributed by atoms with E-state index in [-0.39, 0.29) is 0 Å². The third-order valence-electron chi connectivity index (χ3n) is 4.79. The van der Waals surface area contributed by atoms with Gasteiger partial charge in [-0.15, -0.1) is 0 Å². The Hall–Kier alpha value is -2.28. The molecule has 7 heteroatoms. The van der Waals surface area contributed by atoms with Crippen LogP contribution in [0, 0.1) is 5.92 Å². The second kappa shape index (κ2) is 7.99. The summed E-state index contributed by atoms with van der Waals surface area (Å²) in [6, 6.07) is 11.0. The zero-order valence-corrected chi connectivity index (χ0v) is 16.0. The molecule has 1 saturated carbocycles. The van der Waals surface area contributed by atoms with Crippen molar-refractivity contribution in [1.82, 2.24) is 4.98 Å². The van der Waals surface area contributed by atoms with Gasteiger partial charge in [-0.05, 0) is 60.7 Å². The number of aromatic nitrogens is 1. The van der Waals surface area contributed by atoms with E-state index in [0.29, 0.717) is 18.8 Å². The molecule has 0 aliphatic heterocycles. The Labute approximate surface area is 165 Å². The number of aromatic amines is 1. The number of rotatable bonds is 8. The van der Waals surface area contributed by atoms with Crippen LogP contribution >= 0.6 is 11.9 Å². The van der Waals surface area contributed by atoms with E-state index < -0.39 is 11.7 Å². The minimum atomic E-state index is -4.33. The topological polar surface area (TPSA) is 37.0 Å². The molecule has 28 heavy (non-hydrogen) atoms. The predicted molar refractivity (Wildman–Crippen MR) is 108 cm³/mol. The van der Waals surface area contributed by atoms with E-state index >= 15 is 0 Å². The minimum absolute atomic E-state index is 0.403. The average molecular weight is 406 g/mol. The van der Waals surface area contributed by atoms with Gasteiger partial charge in [-0.25, -0.2) is 0 Å². The van der Waals surface area contributed by atoms with Crippen molar-refractivity contribution in [3.8, 4) is 5.75 Å². The molecule has 0 saturated heterocycles. The molecule has 0 atom stereocenters. The molecule has 0 radical (unpaired) electrons. The zero-order valence-electron chi connectivity index (χ0n) is 15.2. The van der Waals surface area contributed by atoms with Crippen molar-refractivity contribution in [3.63, 3.8) is 0 Å². The number of halogens is 3. The quantitative estimate of drug-likeness (QED) is 0.433. The summed E-state index contributed by atoms with van der Waals surface area (Å²) in [5.74, 6) is 2.43. The van der Waals surface area contributed by atoms with E-state index in [0.717, 1.165) is 46.0 Å².